The summed E-state index contributed by atoms with van der Waals surface area (Å²) >= 11 is 0. The Labute approximate surface area is 154 Å². The van der Waals surface area contributed by atoms with E-state index >= 15 is 0 Å². The molecule has 130 valence electrons. The van der Waals surface area contributed by atoms with E-state index in [0.29, 0.717) is 6.61 Å². The van der Waals surface area contributed by atoms with E-state index in [1.807, 2.05) is 54.6 Å². The average Bonchev–Trinajstić information content (AvgIpc) is 2.71. The third-order valence-electron chi connectivity index (χ3n) is 4.09. The molecule has 0 saturated heterocycles. The van der Waals surface area contributed by atoms with Gasteiger partial charge in [-0.15, -0.1) is 5.45 Å². The van der Waals surface area contributed by atoms with Crippen LogP contribution < -0.4 is 15.9 Å². The summed E-state index contributed by atoms with van der Waals surface area (Å²) in [6.45, 7) is -0.0803. The van der Waals surface area contributed by atoms with Crippen LogP contribution in [0.15, 0.2) is 97.1 Å². The Kier molecular flexibility index (Phi) is 5.92. The number of benzene rings is 3. The van der Waals surface area contributed by atoms with Crippen LogP contribution in [0, 0.1) is 0 Å². The Balaban J connectivity index is 2.40. The van der Waals surface area contributed by atoms with Gasteiger partial charge in [0.2, 0.25) is 0 Å². The van der Waals surface area contributed by atoms with Crippen molar-refractivity contribution in [2.75, 3.05) is 6.61 Å². The molecule has 3 heteroatoms. The zero-order valence-corrected chi connectivity index (χ0v) is 15.6. The minimum absolute atomic E-state index is 0.352. The molecule has 0 spiro atoms. The molecule has 26 heavy (non-hydrogen) atoms. The predicted molar refractivity (Wildman–Crippen MR) is 111 cm³/mol. The van der Waals surface area contributed by atoms with Crippen molar-refractivity contribution in [2.24, 2.45) is 0 Å². The summed E-state index contributed by atoms with van der Waals surface area (Å²) in [7, 11) is 0. The molecule has 0 aliphatic carbocycles. The highest BCUT2D eigenvalue weighted by molar-refractivity contribution is 7.94. The van der Waals surface area contributed by atoms with Gasteiger partial charge in [-0.1, -0.05) is 91.0 Å². The second kappa shape index (κ2) is 8.54. The van der Waals surface area contributed by atoms with Crippen LogP contribution in [0.5, 0.6) is 0 Å². The largest absolute Gasteiger partial charge is 0.462 e. The third-order valence-corrected chi connectivity index (χ3v) is 7.83. The quantitative estimate of drug-likeness (QED) is 0.395. The number of hydrogen-bond acceptors (Lipinski definition) is 2. The molecule has 0 atom stereocenters. The van der Waals surface area contributed by atoms with Gasteiger partial charge in [0.15, 0.2) is 0 Å². The first-order valence-electron chi connectivity index (χ1n) is 8.61. The van der Waals surface area contributed by atoms with E-state index in [1.165, 1.54) is 6.08 Å². The molecule has 0 heterocycles. The highest BCUT2D eigenvalue weighted by Crippen LogP contribution is 2.42. The number of carbonyl (C=O) groups excluding carboxylic acids is 1. The average molecular weight is 360 g/mol. The van der Waals surface area contributed by atoms with Crippen molar-refractivity contribution in [3.63, 3.8) is 0 Å². The Morgan fingerprint density at radius 3 is 1.54 bits per heavy atom. The van der Waals surface area contributed by atoms with Crippen molar-refractivity contribution in [1.29, 1.82) is 0 Å². The van der Waals surface area contributed by atoms with Crippen LogP contribution in [0.3, 0.4) is 0 Å². The van der Waals surface area contributed by atoms with Crippen molar-refractivity contribution < 1.29 is 9.53 Å². The summed E-state index contributed by atoms with van der Waals surface area (Å²) in [4.78, 5) is 12.1. The number of rotatable bonds is 5. The molecule has 0 aromatic heterocycles. The maximum absolute atomic E-state index is 12.1. The molecule has 0 amide bonds. The number of carbonyl (C=O) groups is 1. The summed E-state index contributed by atoms with van der Waals surface area (Å²) in [6.07, 6.45) is 1.46. The van der Waals surface area contributed by atoms with Gasteiger partial charge >= 0.3 is 5.97 Å². The van der Waals surface area contributed by atoms with Gasteiger partial charge in [-0.05, 0) is 22.8 Å². The maximum Gasteiger partial charge on any atom is 0.338 e. The monoisotopic (exact) mass is 360 g/mol. The molecular formula is C23H21O2P. The van der Waals surface area contributed by atoms with E-state index in [9.17, 15) is 4.79 Å². The summed E-state index contributed by atoms with van der Waals surface area (Å²) in [5.41, 5.74) is 3.48. The summed E-state index contributed by atoms with van der Waals surface area (Å²) in [5.74, 6) is -0.361. The highest BCUT2D eigenvalue weighted by Gasteiger charge is 2.24. The molecule has 0 unspecified atom stereocenters. The minimum Gasteiger partial charge on any atom is -0.462 e. The van der Waals surface area contributed by atoms with Crippen LogP contribution in [-0.2, 0) is 9.53 Å². The van der Waals surface area contributed by atoms with Crippen molar-refractivity contribution in [3.05, 3.63) is 97.1 Å². The number of ether oxygens (including phenoxy) is 1. The molecule has 2 nitrogen and oxygen atoms in total. The predicted octanol–water partition coefficient (Wildman–Crippen LogP) is 3.50. The Bertz CT molecular complexity index is 838. The standard InChI is InChI=1S/C23H21O2P/c1-2-25-23(24)18-19-26(20-12-6-3-7-13-20,21-14-8-4-9-15-21)22-16-10-5-11-17-22/h3-18H,2H2,1H3. The van der Waals surface area contributed by atoms with Gasteiger partial charge < -0.3 is 4.74 Å². The fourth-order valence-electron chi connectivity index (χ4n) is 2.96. The van der Waals surface area contributed by atoms with Crippen LogP contribution in [0.4, 0.5) is 0 Å². The highest BCUT2D eigenvalue weighted by atomic mass is 31.2. The van der Waals surface area contributed by atoms with Crippen molar-refractivity contribution in [1.82, 2.24) is 0 Å². The van der Waals surface area contributed by atoms with Gasteiger partial charge in [0, 0.05) is 6.89 Å². The van der Waals surface area contributed by atoms with Gasteiger partial charge in [0.05, 0.1) is 12.7 Å². The first-order valence-corrected chi connectivity index (χ1v) is 10.4. The second-order valence-corrected chi connectivity index (χ2v) is 8.85. The maximum atomic E-state index is 12.1. The fraction of sp³-hybridized carbons (Fsp3) is 0.0870. The zero-order chi connectivity index (χ0) is 18.2. The van der Waals surface area contributed by atoms with Crippen molar-refractivity contribution in [3.8, 4) is 0 Å². The lowest BCUT2D eigenvalue weighted by Crippen LogP contribution is -2.26. The van der Waals surface area contributed by atoms with Gasteiger partial charge in [-0.25, -0.2) is 4.79 Å². The summed E-state index contributed by atoms with van der Waals surface area (Å²) in [6, 6.07) is 30.9. The van der Waals surface area contributed by atoms with E-state index < -0.39 is 6.89 Å². The van der Waals surface area contributed by atoms with E-state index in [-0.39, 0.29) is 5.97 Å². The van der Waals surface area contributed by atoms with Gasteiger partial charge in [0.1, 0.15) is 0 Å². The van der Waals surface area contributed by atoms with Crippen LogP contribution in [0.1, 0.15) is 6.92 Å². The lowest BCUT2D eigenvalue weighted by atomic mass is 10.4. The molecular weight excluding hydrogens is 339 g/mol. The minimum atomic E-state index is -2.24. The smallest absolute Gasteiger partial charge is 0.338 e. The van der Waals surface area contributed by atoms with E-state index in [4.69, 9.17) is 4.74 Å². The zero-order valence-electron chi connectivity index (χ0n) is 14.7. The molecule has 0 radical (unpaired) electrons. The normalized spacial score (nSPS) is 10.7. The molecule has 0 aliphatic rings. The SMILES string of the molecule is CCOC(=O)C=C=P(c1ccccc1)(c1ccccc1)c1ccccc1. The first kappa shape index (κ1) is 18.0. The van der Waals surface area contributed by atoms with E-state index in [2.05, 4.69) is 41.8 Å². The summed E-state index contributed by atoms with van der Waals surface area (Å²) in [5, 5.41) is 3.45. The van der Waals surface area contributed by atoms with Crippen molar-refractivity contribution >= 4 is 34.2 Å². The molecule has 3 aromatic carbocycles. The molecule has 0 aliphatic heterocycles. The molecule has 3 aromatic rings. The molecule has 0 bridgehead atoms. The van der Waals surface area contributed by atoms with Crippen LogP contribution in [0.25, 0.3) is 0 Å². The molecule has 0 fully saturated rings. The van der Waals surface area contributed by atoms with Crippen LogP contribution in [0.2, 0.25) is 0 Å². The third kappa shape index (κ3) is 3.73. The van der Waals surface area contributed by atoms with Gasteiger partial charge in [0.25, 0.3) is 0 Å². The fourth-order valence-corrected chi connectivity index (χ4v) is 6.46. The second-order valence-electron chi connectivity index (χ2n) is 5.70. The lowest BCUT2D eigenvalue weighted by molar-refractivity contribution is -0.137. The number of hydrogen-bond donors (Lipinski definition) is 0. The Hall–Kier alpha value is -2.79. The molecule has 0 N–H and O–H groups in total. The van der Waals surface area contributed by atoms with Crippen molar-refractivity contribution in [2.45, 2.75) is 6.92 Å². The van der Waals surface area contributed by atoms with E-state index in [1.54, 1.807) is 6.92 Å². The molecule has 3 rings (SSSR count). The number of esters is 1. The van der Waals surface area contributed by atoms with Crippen LogP contribution in [-0.4, -0.2) is 18.0 Å². The van der Waals surface area contributed by atoms with E-state index in [0.717, 1.165) is 15.9 Å². The first-order chi connectivity index (χ1) is 12.8. The lowest BCUT2D eigenvalue weighted by Gasteiger charge is -2.25. The molecule has 0 saturated carbocycles. The van der Waals surface area contributed by atoms with Gasteiger partial charge in [-0.3, -0.25) is 0 Å². The Morgan fingerprint density at radius 1 is 0.808 bits per heavy atom. The van der Waals surface area contributed by atoms with Crippen LogP contribution >= 0.6 is 6.89 Å². The van der Waals surface area contributed by atoms with Gasteiger partial charge in [-0.2, -0.15) is 0 Å². The topological polar surface area (TPSA) is 26.3 Å². The summed E-state index contributed by atoms with van der Waals surface area (Å²) < 4.78 is 5.11. The Morgan fingerprint density at radius 2 is 1.19 bits per heavy atom.